The minimum atomic E-state index is -0.572. The molecule has 0 aliphatic heterocycles. The van der Waals surface area contributed by atoms with Crippen LogP contribution in [0.15, 0.2) is 18.2 Å². The van der Waals surface area contributed by atoms with Crippen molar-refractivity contribution in [1.82, 2.24) is 0 Å². The molecule has 1 aromatic carbocycles. The lowest BCUT2D eigenvalue weighted by atomic mass is 10.1. The summed E-state index contributed by atoms with van der Waals surface area (Å²) in [6, 6.07) is 3.27. The van der Waals surface area contributed by atoms with Gasteiger partial charge in [-0.15, -0.1) is 0 Å². The molecule has 1 aromatic rings. The smallest absolute Gasteiger partial charge is 0.129 e. The first-order chi connectivity index (χ1) is 7.63. The minimum Gasteiger partial charge on any atom is -0.380 e. The fourth-order valence-corrected chi connectivity index (χ4v) is 1.41. The van der Waals surface area contributed by atoms with E-state index < -0.39 is 11.6 Å². The quantitative estimate of drug-likeness (QED) is 0.759. The summed E-state index contributed by atoms with van der Waals surface area (Å²) in [4.78, 5) is 0. The second kappa shape index (κ2) is 6.55. The van der Waals surface area contributed by atoms with Crippen molar-refractivity contribution in [2.75, 3.05) is 13.2 Å². The molecular weight excluding hydrogens is 212 g/mol. The molecule has 0 aliphatic rings. The first kappa shape index (κ1) is 13.1. The molecule has 2 N–H and O–H groups in total. The molecule has 1 rings (SSSR count). The lowest BCUT2D eigenvalue weighted by Crippen LogP contribution is -2.29. The summed E-state index contributed by atoms with van der Waals surface area (Å²) in [5.74, 6) is -1.12. The molecule has 0 heterocycles. The van der Waals surface area contributed by atoms with E-state index in [1.807, 2.05) is 6.92 Å². The van der Waals surface area contributed by atoms with Crippen molar-refractivity contribution < 1.29 is 13.5 Å². The number of rotatable bonds is 6. The molecule has 0 amide bonds. The standard InChI is InChI=1S/C12H17F2NO/c1-2-5-16-8-11(15)6-9-3-4-10(13)7-12(9)14/h3-4,7,11H,2,5-6,8,15H2,1H3. The summed E-state index contributed by atoms with van der Waals surface area (Å²) >= 11 is 0. The molecule has 0 bridgehead atoms. The number of hydrogen-bond donors (Lipinski definition) is 1. The van der Waals surface area contributed by atoms with Crippen LogP contribution in [-0.2, 0) is 11.2 Å². The Morgan fingerprint density at radius 3 is 2.75 bits per heavy atom. The van der Waals surface area contributed by atoms with E-state index in [-0.39, 0.29) is 6.04 Å². The Balaban J connectivity index is 2.46. The fraction of sp³-hybridized carbons (Fsp3) is 0.500. The largest absolute Gasteiger partial charge is 0.380 e. The van der Waals surface area contributed by atoms with Gasteiger partial charge in [-0.1, -0.05) is 13.0 Å². The Bertz CT molecular complexity index is 331. The van der Waals surface area contributed by atoms with Gasteiger partial charge in [0.1, 0.15) is 11.6 Å². The van der Waals surface area contributed by atoms with Gasteiger partial charge in [-0.25, -0.2) is 8.78 Å². The van der Waals surface area contributed by atoms with E-state index in [4.69, 9.17) is 10.5 Å². The Hall–Kier alpha value is -1.00. The van der Waals surface area contributed by atoms with Gasteiger partial charge < -0.3 is 10.5 Å². The van der Waals surface area contributed by atoms with Crippen molar-refractivity contribution in [3.63, 3.8) is 0 Å². The van der Waals surface area contributed by atoms with Crippen LogP contribution >= 0.6 is 0 Å². The van der Waals surface area contributed by atoms with Crippen LogP contribution in [0.4, 0.5) is 8.78 Å². The molecule has 1 atom stereocenters. The highest BCUT2D eigenvalue weighted by Crippen LogP contribution is 2.11. The van der Waals surface area contributed by atoms with E-state index in [1.165, 1.54) is 12.1 Å². The number of halogens is 2. The van der Waals surface area contributed by atoms with Gasteiger partial charge in [-0.05, 0) is 24.5 Å². The van der Waals surface area contributed by atoms with Gasteiger partial charge in [0, 0.05) is 18.7 Å². The highest BCUT2D eigenvalue weighted by molar-refractivity contribution is 5.19. The van der Waals surface area contributed by atoms with Crippen molar-refractivity contribution in [3.8, 4) is 0 Å². The lowest BCUT2D eigenvalue weighted by Gasteiger charge is -2.12. The highest BCUT2D eigenvalue weighted by Gasteiger charge is 2.09. The van der Waals surface area contributed by atoms with Crippen LogP contribution < -0.4 is 5.73 Å². The van der Waals surface area contributed by atoms with Gasteiger partial charge in [-0.3, -0.25) is 0 Å². The summed E-state index contributed by atoms with van der Waals surface area (Å²) in [5.41, 5.74) is 6.19. The zero-order chi connectivity index (χ0) is 12.0. The van der Waals surface area contributed by atoms with Crippen molar-refractivity contribution >= 4 is 0 Å². The zero-order valence-corrected chi connectivity index (χ0v) is 9.38. The average Bonchev–Trinajstić information content (AvgIpc) is 2.23. The molecule has 0 saturated carbocycles. The molecule has 16 heavy (non-hydrogen) atoms. The second-order valence-corrected chi connectivity index (χ2v) is 3.77. The van der Waals surface area contributed by atoms with Crippen LogP contribution in [0, 0.1) is 11.6 Å². The van der Waals surface area contributed by atoms with Crippen molar-refractivity contribution in [2.24, 2.45) is 5.73 Å². The molecule has 4 heteroatoms. The van der Waals surface area contributed by atoms with E-state index in [0.717, 1.165) is 12.5 Å². The Morgan fingerprint density at radius 1 is 1.38 bits per heavy atom. The minimum absolute atomic E-state index is 0.258. The van der Waals surface area contributed by atoms with E-state index >= 15 is 0 Å². The van der Waals surface area contributed by atoms with Gasteiger partial charge in [0.25, 0.3) is 0 Å². The molecular formula is C12H17F2NO. The number of ether oxygens (including phenoxy) is 1. The Morgan fingerprint density at radius 2 is 2.12 bits per heavy atom. The summed E-state index contributed by atoms with van der Waals surface area (Å²) in [6.07, 6.45) is 1.29. The summed E-state index contributed by atoms with van der Waals surface area (Å²) in [5, 5.41) is 0. The highest BCUT2D eigenvalue weighted by atomic mass is 19.1. The van der Waals surface area contributed by atoms with E-state index in [9.17, 15) is 8.78 Å². The predicted octanol–water partition coefficient (Wildman–Crippen LogP) is 2.26. The third-order valence-corrected chi connectivity index (χ3v) is 2.18. The zero-order valence-electron chi connectivity index (χ0n) is 9.38. The monoisotopic (exact) mass is 229 g/mol. The number of nitrogens with two attached hydrogens (primary N) is 1. The predicted molar refractivity (Wildman–Crippen MR) is 59.1 cm³/mol. The van der Waals surface area contributed by atoms with Crippen LogP contribution in [0.5, 0.6) is 0 Å². The van der Waals surface area contributed by atoms with Crippen LogP contribution in [0.3, 0.4) is 0 Å². The fourth-order valence-electron chi connectivity index (χ4n) is 1.41. The number of benzene rings is 1. The van der Waals surface area contributed by atoms with Gasteiger partial charge >= 0.3 is 0 Å². The van der Waals surface area contributed by atoms with E-state index in [1.54, 1.807) is 0 Å². The third kappa shape index (κ3) is 4.24. The number of hydrogen-bond acceptors (Lipinski definition) is 2. The van der Waals surface area contributed by atoms with Crippen LogP contribution in [0.25, 0.3) is 0 Å². The third-order valence-electron chi connectivity index (χ3n) is 2.18. The first-order valence-electron chi connectivity index (χ1n) is 5.40. The summed E-state index contributed by atoms with van der Waals surface area (Å²) < 4.78 is 31.2. The van der Waals surface area contributed by atoms with Gasteiger partial charge in [0.15, 0.2) is 0 Å². The molecule has 0 saturated heterocycles. The summed E-state index contributed by atoms with van der Waals surface area (Å²) in [6.45, 7) is 3.05. The van der Waals surface area contributed by atoms with Crippen molar-refractivity contribution in [3.05, 3.63) is 35.4 Å². The Labute approximate surface area is 94.4 Å². The van der Waals surface area contributed by atoms with Gasteiger partial charge in [0.2, 0.25) is 0 Å². The molecule has 1 unspecified atom stereocenters. The molecule has 90 valence electrons. The molecule has 0 spiro atoms. The Kier molecular flexibility index (Phi) is 5.35. The normalized spacial score (nSPS) is 12.8. The molecule has 2 nitrogen and oxygen atoms in total. The lowest BCUT2D eigenvalue weighted by molar-refractivity contribution is 0.121. The molecule has 0 radical (unpaired) electrons. The maximum Gasteiger partial charge on any atom is 0.129 e. The van der Waals surface area contributed by atoms with E-state index in [2.05, 4.69) is 0 Å². The van der Waals surface area contributed by atoms with Crippen LogP contribution in [0.1, 0.15) is 18.9 Å². The van der Waals surface area contributed by atoms with Gasteiger partial charge in [-0.2, -0.15) is 0 Å². The topological polar surface area (TPSA) is 35.2 Å². The van der Waals surface area contributed by atoms with Gasteiger partial charge in [0.05, 0.1) is 6.61 Å². The van der Waals surface area contributed by atoms with E-state index in [0.29, 0.717) is 25.2 Å². The van der Waals surface area contributed by atoms with Crippen molar-refractivity contribution in [1.29, 1.82) is 0 Å². The maximum absolute atomic E-state index is 13.3. The molecule has 0 aliphatic carbocycles. The molecule has 0 fully saturated rings. The van der Waals surface area contributed by atoms with Crippen molar-refractivity contribution in [2.45, 2.75) is 25.8 Å². The second-order valence-electron chi connectivity index (χ2n) is 3.77. The van der Waals surface area contributed by atoms with Crippen LogP contribution in [-0.4, -0.2) is 19.3 Å². The maximum atomic E-state index is 13.3. The average molecular weight is 229 g/mol. The summed E-state index contributed by atoms with van der Waals surface area (Å²) in [7, 11) is 0. The molecule has 0 aromatic heterocycles. The SMILES string of the molecule is CCCOCC(N)Cc1ccc(F)cc1F. The first-order valence-corrected chi connectivity index (χ1v) is 5.40. The van der Waals surface area contributed by atoms with Crippen LogP contribution in [0.2, 0.25) is 0 Å².